The van der Waals surface area contributed by atoms with Gasteiger partial charge in [0, 0.05) is 32.8 Å². The van der Waals surface area contributed by atoms with E-state index in [1.165, 1.54) is 6.08 Å². The van der Waals surface area contributed by atoms with Gasteiger partial charge >= 0.3 is 5.97 Å². The summed E-state index contributed by atoms with van der Waals surface area (Å²) in [5, 5.41) is 8.45. The second-order valence-electron chi connectivity index (χ2n) is 4.04. The van der Waals surface area contributed by atoms with Gasteiger partial charge in [-0.15, -0.1) is 0 Å². The number of hydrogen-bond acceptors (Lipinski definition) is 3. The summed E-state index contributed by atoms with van der Waals surface area (Å²) in [4.78, 5) is 12.5. The average Bonchev–Trinajstić information content (AvgIpc) is 2.17. The molecule has 1 fully saturated rings. The molecule has 4 heteroatoms. The number of nitrogens with zero attached hydrogens (tertiary/aromatic N) is 1. The number of rotatable bonds is 4. The number of carbonyl (C=O) groups is 1. The lowest BCUT2D eigenvalue weighted by atomic mass is 9.96. The van der Waals surface area contributed by atoms with Crippen molar-refractivity contribution in [3.8, 4) is 0 Å². The number of methoxy groups -OCH3 is 1. The fraction of sp³-hybridized carbons (Fsp3) is 0.727. The molecule has 4 nitrogen and oxygen atoms in total. The highest BCUT2D eigenvalue weighted by atomic mass is 16.5. The van der Waals surface area contributed by atoms with E-state index in [9.17, 15) is 4.79 Å². The molecule has 0 aromatic heterocycles. The van der Waals surface area contributed by atoms with Crippen molar-refractivity contribution in [2.24, 2.45) is 5.92 Å². The zero-order chi connectivity index (χ0) is 11.3. The van der Waals surface area contributed by atoms with Gasteiger partial charge in [0.25, 0.3) is 0 Å². The van der Waals surface area contributed by atoms with E-state index in [-0.39, 0.29) is 0 Å². The van der Waals surface area contributed by atoms with E-state index >= 15 is 0 Å². The van der Waals surface area contributed by atoms with E-state index in [2.05, 4.69) is 11.8 Å². The molecule has 1 aliphatic rings. The van der Waals surface area contributed by atoms with Crippen LogP contribution in [0.15, 0.2) is 12.2 Å². The molecule has 0 saturated carbocycles. The molecule has 1 saturated heterocycles. The quantitative estimate of drug-likeness (QED) is 0.707. The van der Waals surface area contributed by atoms with Crippen molar-refractivity contribution in [3.63, 3.8) is 0 Å². The minimum Gasteiger partial charge on any atom is -0.478 e. The normalized spacial score (nSPS) is 28.4. The highest BCUT2D eigenvalue weighted by Gasteiger charge is 2.24. The van der Waals surface area contributed by atoms with E-state index in [4.69, 9.17) is 9.84 Å². The van der Waals surface area contributed by atoms with Crippen LogP contribution in [0.4, 0.5) is 0 Å². The first-order chi connectivity index (χ1) is 7.13. The summed E-state index contributed by atoms with van der Waals surface area (Å²) in [6, 6.07) is 0. The smallest absolute Gasteiger partial charge is 0.328 e. The third-order valence-electron chi connectivity index (χ3n) is 2.84. The number of hydrogen-bond donors (Lipinski definition) is 1. The summed E-state index contributed by atoms with van der Waals surface area (Å²) in [7, 11) is 1.75. The van der Waals surface area contributed by atoms with Gasteiger partial charge in [-0.05, 0) is 12.3 Å². The van der Waals surface area contributed by atoms with Gasteiger partial charge in [-0.2, -0.15) is 0 Å². The van der Waals surface area contributed by atoms with Crippen molar-refractivity contribution in [1.29, 1.82) is 0 Å². The average molecular weight is 213 g/mol. The molecule has 1 aliphatic heterocycles. The lowest BCUT2D eigenvalue weighted by Gasteiger charge is -2.35. The molecule has 1 rings (SSSR count). The highest BCUT2D eigenvalue weighted by molar-refractivity contribution is 5.79. The van der Waals surface area contributed by atoms with Crippen molar-refractivity contribution >= 4 is 5.97 Å². The molecule has 0 spiro atoms. The SMILES string of the molecule is COC1CCN(CC=CC(=O)O)CC1C. The summed E-state index contributed by atoms with van der Waals surface area (Å²) in [5.41, 5.74) is 0. The van der Waals surface area contributed by atoms with Crippen molar-refractivity contribution < 1.29 is 14.6 Å². The van der Waals surface area contributed by atoms with Crippen LogP contribution in [0.1, 0.15) is 13.3 Å². The zero-order valence-corrected chi connectivity index (χ0v) is 9.35. The Morgan fingerprint density at radius 2 is 2.40 bits per heavy atom. The molecule has 0 aromatic rings. The Hall–Kier alpha value is -0.870. The summed E-state index contributed by atoms with van der Waals surface area (Å²) in [6.45, 7) is 4.84. The van der Waals surface area contributed by atoms with Gasteiger partial charge in [-0.1, -0.05) is 13.0 Å². The third kappa shape index (κ3) is 4.01. The summed E-state index contributed by atoms with van der Waals surface area (Å²) in [6.07, 6.45) is 4.28. The van der Waals surface area contributed by atoms with Gasteiger partial charge < -0.3 is 9.84 Å². The molecule has 0 bridgehead atoms. The molecule has 15 heavy (non-hydrogen) atoms. The molecule has 1 heterocycles. The van der Waals surface area contributed by atoms with Crippen LogP contribution < -0.4 is 0 Å². The molecule has 0 aromatic carbocycles. The molecule has 0 radical (unpaired) electrons. The van der Waals surface area contributed by atoms with Crippen LogP contribution in [0.5, 0.6) is 0 Å². The van der Waals surface area contributed by atoms with Crippen molar-refractivity contribution in [2.75, 3.05) is 26.7 Å². The highest BCUT2D eigenvalue weighted by Crippen LogP contribution is 2.18. The second-order valence-corrected chi connectivity index (χ2v) is 4.04. The maximum absolute atomic E-state index is 10.3. The summed E-state index contributed by atoms with van der Waals surface area (Å²) in [5.74, 6) is -0.364. The standard InChI is InChI=1S/C11H19NO3/c1-9-8-12(6-3-4-11(13)14)7-5-10(9)15-2/h3-4,9-10H,5-8H2,1-2H3,(H,13,14). The Labute approximate surface area is 90.5 Å². The van der Waals surface area contributed by atoms with Crippen LogP contribution in [0.2, 0.25) is 0 Å². The molecule has 0 amide bonds. The molecule has 0 aliphatic carbocycles. The van der Waals surface area contributed by atoms with Gasteiger partial charge in [0.15, 0.2) is 0 Å². The van der Waals surface area contributed by atoms with E-state index in [1.807, 2.05) is 0 Å². The second kappa shape index (κ2) is 5.88. The van der Waals surface area contributed by atoms with Crippen LogP contribution in [0, 0.1) is 5.92 Å². The number of ether oxygens (including phenoxy) is 1. The predicted octanol–water partition coefficient (Wildman–Crippen LogP) is 0.984. The van der Waals surface area contributed by atoms with E-state index in [0.717, 1.165) is 19.5 Å². The first kappa shape index (κ1) is 12.2. The minimum atomic E-state index is -0.880. The Kier molecular flexibility index (Phi) is 4.78. The maximum Gasteiger partial charge on any atom is 0.328 e. The molecule has 2 atom stereocenters. The predicted molar refractivity (Wildman–Crippen MR) is 57.8 cm³/mol. The molecular weight excluding hydrogens is 194 g/mol. The first-order valence-electron chi connectivity index (χ1n) is 5.28. The number of piperidine rings is 1. The van der Waals surface area contributed by atoms with E-state index in [0.29, 0.717) is 18.6 Å². The summed E-state index contributed by atoms with van der Waals surface area (Å²) < 4.78 is 5.36. The number of carboxylic acid groups (broad SMARTS) is 1. The van der Waals surface area contributed by atoms with Crippen LogP contribution in [0.3, 0.4) is 0 Å². The van der Waals surface area contributed by atoms with Gasteiger partial charge in [0.05, 0.1) is 6.10 Å². The first-order valence-corrected chi connectivity index (χ1v) is 5.28. The summed E-state index contributed by atoms with van der Waals surface area (Å²) >= 11 is 0. The van der Waals surface area contributed by atoms with Crippen LogP contribution in [-0.2, 0) is 9.53 Å². The maximum atomic E-state index is 10.3. The van der Waals surface area contributed by atoms with Gasteiger partial charge in [0.1, 0.15) is 0 Å². The topological polar surface area (TPSA) is 49.8 Å². The number of aliphatic carboxylic acids is 1. The Morgan fingerprint density at radius 3 is 2.93 bits per heavy atom. The minimum absolute atomic E-state index is 0.352. The van der Waals surface area contributed by atoms with E-state index in [1.54, 1.807) is 13.2 Å². The van der Waals surface area contributed by atoms with Crippen molar-refractivity contribution in [3.05, 3.63) is 12.2 Å². The fourth-order valence-electron chi connectivity index (χ4n) is 2.03. The van der Waals surface area contributed by atoms with Crippen LogP contribution in [0.25, 0.3) is 0 Å². The number of carboxylic acids is 1. The third-order valence-corrected chi connectivity index (χ3v) is 2.84. The Morgan fingerprint density at radius 1 is 1.67 bits per heavy atom. The van der Waals surface area contributed by atoms with E-state index < -0.39 is 5.97 Å². The largest absolute Gasteiger partial charge is 0.478 e. The van der Waals surface area contributed by atoms with Crippen molar-refractivity contribution in [1.82, 2.24) is 4.90 Å². The fourth-order valence-corrected chi connectivity index (χ4v) is 2.03. The van der Waals surface area contributed by atoms with Crippen molar-refractivity contribution in [2.45, 2.75) is 19.4 Å². The van der Waals surface area contributed by atoms with Crippen LogP contribution in [-0.4, -0.2) is 48.8 Å². The van der Waals surface area contributed by atoms with Gasteiger partial charge in [-0.3, -0.25) is 4.90 Å². The molecule has 2 unspecified atom stereocenters. The van der Waals surface area contributed by atoms with Crippen LogP contribution >= 0.6 is 0 Å². The Balaban J connectivity index is 2.31. The number of likely N-dealkylation sites (tertiary alicyclic amines) is 1. The van der Waals surface area contributed by atoms with Gasteiger partial charge in [-0.25, -0.2) is 4.79 Å². The monoisotopic (exact) mass is 213 g/mol. The molecule has 86 valence electrons. The lowest BCUT2D eigenvalue weighted by Crippen LogP contribution is -2.42. The molecular formula is C11H19NO3. The molecule has 1 N–H and O–H groups in total. The lowest BCUT2D eigenvalue weighted by molar-refractivity contribution is -0.131. The van der Waals surface area contributed by atoms with Gasteiger partial charge in [0.2, 0.25) is 0 Å². The zero-order valence-electron chi connectivity index (χ0n) is 9.35. The Bertz CT molecular complexity index is 240.